The van der Waals surface area contributed by atoms with Gasteiger partial charge in [0.25, 0.3) is 5.91 Å². The highest BCUT2D eigenvalue weighted by Crippen LogP contribution is 2.31. The van der Waals surface area contributed by atoms with Gasteiger partial charge in [-0.05, 0) is 30.6 Å². The third-order valence-electron chi connectivity index (χ3n) is 2.49. The van der Waals surface area contributed by atoms with E-state index in [2.05, 4.69) is 5.32 Å². The van der Waals surface area contributed by atoms with Crippen molar-refractivity contribution in [1.29, 1.82) is 0 Å². The van der Waals surface area contributed by atoms with E-state index < -0.39 is 17.9 Å². The van der Waals surface area contributed by atoms with Gasteiger partial charge in [-0.2, -0.15) is 11.8 Å². The predicted molar refractivity (Wildman–Crippen MR) is 83.4 cm³/mol. The molecule has 0 radical (unpaired) electrons. The van der Waals surface area contributed by atoms with Crippen molar-refractivity contribution in [2.24, 2.45) is 0 Å². The number of benzene rings is 1. The zero-order valence-corrected chi connectivity index (χ0v) is 13.5. The van der Waals surface area contributed by atoms with Crippen LogP contribution < -0.4 is 5.32 Å². The van der Waals surface area contributed by atoms with Gasteiger partial charge in [0.15, 0.2) is 0 Å². The Bertz CT molecular complexity index is 525. The number of hydrogen-bond donors (Lipinski definition) is 2. The number of carbonyl (C=O) groups is 2. The molecule has 20 heavy (non-hydrogen) atoms. The number of hydrogen-bond acceptors (Lipinski definition) is 3. The summed E-state index contributed by atoms with van der Waals surface area (Å²) in [6.45, 7) is 0. The maximum atomic E-state index is 12.1. The molecule has 2 N–H and O–H groups in total. The SMILES string of the molecule is CSCC[C@@H](NC(=O)c1c(Cl)ccc(Cl)c1Cl)C(=O)O. The average molecular weight is 357 g/mol. The Morgan fingerprint density at radius 1 is 1.30 bits per heavy atom. The summed E-state index contributed by atoms with van der Waals surface area (Å²) in [5.74, 6) is -1.16. The van der Waals surface area contributed by atoms with E-state index in [1.54, 1.807) is 0 Å². The first-order chi connectivity index (χ1) is 9.38. The zero-order valence-electron chi connectivity index (χ0n) is 10.5. The van der Waals surface area contributed by atoms with Crippen molar-refractivity contribution < 1.29 is 14.7 Å². The molecule has 4 nitrogen and oxygen atoms in total. The van der Waals surface area contributed by atoms with E-state index >= 15 is 0 Å². The van der Waals surface area contributed by atoms with Gasteiger partial charge < -0.3 is 10.4 Å². The van der Waals surface area contributed by atoms with Crippen LogP contribution in [0.4, 0.5) is 0 Å². The van der Waals surface area contributed by atoms with Crippen LogP contribution in [0.2, 0.25) is 15.1 Å². The topological polar surface area (TPSA) is 66.4 Å². The van der Waals surface area contributed by atoms with Crippen molar-refractivity contribution >= 4 is 58.4 Å². The quantitative estimate of drug-likeness (QED) is 0.765. The van der Waals surface area contributed by atoms with Crippen molar-refractivity contribution in [1.82, 2.24) is 5.32 Å². The minimum Gasteiger partial charge on any atom is -0.480 e. The summed E-state index contributed by atoms with van der Waals surface area (Å²) in [6.07, 6.45) is 2.16. The molecule has 1 amide bonds. The second kappa shape index (κ2) is 7.98. The number of amides is 1. The van der Waals surface area contributed by atoms with Gasteiger partial charge in [0.1, 0.15) is 6.04 Å². The van der Waals surface area contributed by atoms with Crippen LogP contribution in [0.15, 0.2) is 12.1 Å². The molecule has 0 saturated heterocycles. The third-order valence-corrected chi connectivity index (χ3v) is 4.25. The monoisotopic (exact) mass is 355 g/mol. The summed E-state index contributed by atoms with van der Waals surface area (Å²) in [7, 11) is 0. The van der Waals surface area contributed by atoms with Gasteiger partial charge in [0.05, 0.1) is 20.6 Å². The first kappa shape index (κ1) is 17.4. The van der Waals surface area contributed by atoms with E-state index in [-0.39, 0.29) is 20.6 Å². The molecule has 0 aromatic heterocycles. The van der Waals surface area contributed by atoms with Gasteiger partial charge in [-0.1, -0.05) is 34.8 Å². The number of aliphatic carboxylic acids is 1. The van der Waals surface area contributed by atoms with Crippen LogP contribution in [0.25, 0.3) is 0 Å². The van der Waals surface area contributed by atoms with Gasteiger partial charge in [0.2, 0.25) is 0 Å². The molecule has 0 heterocycles. The molecule has 0 aliphatic carbocycles. The highest BCUT2D eigenvalue weighted by atomic mass is 35.5. The molecule has 1 atom stereocenters. The number of thioether (sulfide) groups is 1. The summed E-state index contributed by atoms with van der Waals surface area (Å²) in [6, 6.07) is 1.90. The molecule has 0 bridgehead atoms. The molecule has 1 aromatic carbocycles. The minimum absolute atomic E-state index is 0.00525. The van der Waals surface area contributed by atoms with Gasteiger partial charge in [-0.25, -0.2) is 4.79 Å². The average Bonchev–Trinajstić information content (AvgIpc) is 2.39. The van der Waals surface area contributed by atoms with Crippen molar-refractivity contribution in [3.05, 3.63) is 32.8 Å². The lowest BCUT2D eigenvalue weighted by molar-refractivity contribution is -0.139. The lowest BCUT2D eigenvalue weighted by Gasteiger charge is -2.15. The Hall–Kier alpha value is -0.620. The Morgan fingerprint density at radius 2 is 1.90 bits per heavy atom. The number of carboxylic acid groups (broad SMARTS) is 1. The van der Waals surface area contributed by atoms with E-state index in [0.29, 0.717) is 12.2 Å². The van der Waals surface area contributed by atoms with Crippen LogP contribution in [0.5, 0.6) is 0 Å². The van der Waals surface area contributed by atoms with Crippen LogP contribution >= 0.6 is 46.6 Å². The molecule has 1 aromatic rings. The summed E-state index contributed by atoms with van der Waals surface area (Å²) >= 11 is 19.2. The summed E-state index contributed by atoms with van der Waals surface area (Å²) in [5.41, 5.74) is -0.0174. The maximum Gasteiger partial charge on any atom is 0.326 e. The molecule has 1 rings (SSSR count). The van der Waals surface area contributed by atoms with E-state index in [1.807, 2.05) is 6.26 Å². The smallest absolute Gasteiger partial charge is 0.326 e. The molecule has 0 aliphatic rings. The third kappa shape index (κ3) is 4.45. The Kier molecular flexibility index (Phi) is 6.95. The number of nitrogens with one attached hydrogen (secondary N) is 1. The van der Waals surface area contributed by atoms with E-state index in [0.717, 1.165) is 0 Å². The maximum absolute atomic E-state index is 12.1. The molecule has 0 aliphatic heterocycles. The number of carbonyl (C=O) groups excluding carboxylic acids is 1. The van der Waals surface area contributed by atoms with Crippen LogP contribution in [0.1, 0.15) is 16.8 Å². The van der Waals surface area contributed by atoms with Gasteiger partial charge in [-0.15, -0.1) is 0 Å². The highest BCUT2D eigenvalue weighted by Gasteiger charge is 2.23. The van der Waals surface area contributed by atoms with Crippen LogP contribution in [0, 0.1) is 0 Å². The fourth-order valence-corrected chi connectivity index (χ4v) is 2.63. The minimum atomic E-state index is -1.11. The first-order valence-corrected chi connectivity index (χ1v) is 8.07. The standard InChI is InChI=1S/C12H12Cl3NO3S/c1-20-5-4-8(12(18)19)16-11(17)9-6(13)2-3-7(14)10(9)15/h2-3,8H,4-5H2,1H3,(H,16,17)(H,18,19)/t8-/m1/s1. The fourth-order valence-electron chi connectivity index (χ4n) is 1.46. The van der Waals surface area contributed by atoms with Crippen molar-refractivity contribution in [3.8, 4) is 0 Å². The molecule has 0 fully saturated rings. The van der Waals surface area contributed by atoms with Crippen LogP contribution in [0.3, 0.4) is 0 Å². The summed E-state index contributed by atoms with van der Waals surface area (Å²) in [4.78, 5) is 23.2. The van der Waals surface area contributed by atoms with E-state index in [1.165, 1.54) is 23.9 Å². The van der Waals surface area contributed by atoms with Crippen LogP contribution in [-0.4, -0.2) is 35.0 Å². The Balaban J connectivity index is 2.95. The van der Waals surface area contributed by atoms with Crippen molar-refractivity contribution in [2.75, 3.05) is 12.0 Å². The van der Waals surface area contributed by atoms with Gasteiger partial charge >= 0.3 is 5.97 Å². The molecule has 110 valence electrons. The molecular weight excluding hydrogens is 345 g/mol. The second-order valence-corrected chi connectivity index (χ2v) is 6.04. The summed E-state index contributed by atoms with van der Waals surface area (Å²) < 4.78 is 0. The Morgan fingerprint density at radius 3 is 2.45 bits per heavy atom. The zero-order chi connectivity index (χ0) is 15.3. The fraction of sp³-hybridized carbons (Fsp3) is 0.333. The molecule has 8 heteroatoms. The number of halogens is 3. The van der Waals surface area contributed by atoms with Gasteiger partial charge in [-0.3, -0.25) is 4.79 Å². The second-order valence-electron chi connectivity index (χ2n) is 3.86. The normalized spacial score (nSPS) is 12.0. The largest absolute Gasteiger partial charge is 0.480 e. The molecular formula is C12H12Cl3NO3S. The van der Waals surface area contributed by atoms with E-state index in [4.69, 9.17) is 39.9 Å². The van der Waals surface area contributed by atoms with Gasteiger partial charge in [0, 0.05) is 0 Å². The summed E-state index contributed by atoms with van der Waals surface area (Å²) in [5, 5.41) is 11.8. The Labute approximate surface area is 135 Å². The van der Waals surface area contributed by atoms with Crippen molar-refractivity contribution in [2.45, 2.75) is 12.5 Å². The molecule has 0 saturated carbocycles. The lowest BCUT2D eigenvalue weighted by Crippen LogP contribution is -2.41. The predicted octanol–water partition coefficient (Wildman–Crippen LogP) is 3.58. The molecule has 0 spiro atoms. The number of carboxylic acids is 1. The number of rotatable bonds is 6. The molecule has 0 unspecified atom stereocenters. The van der Waals surface area contributed by atoms with Crippen LogP contribution in [-0.2, 0) is 4.79 Å². The first-order valence-electron chi connectivity index (χ1n) is 5.54. The van der Waals surface area contributed by atoms with E-state index in [9.17, 15) is 9.59 Å². The highest BCUT2D eigenvalue weighted by molar-refractivity contribution is 7.98. The van der Waals surface area contributed by atoms with Crippen molar-refractivity contribution in [3.63, 3.8) is 0 Å². The lowest BCUT2D eigenvalue weighted by atomic mass is 10.1.